The van der Waals surface area contributed by atoms with Crippen molar-refractivity contribution in [1.82, 2.24) is 20.3 Å². The number of rotatable bonds is 7. The first-order valence-electron chi connectivity index (χ1n) is 13.1. The van der Waals surface area contributed by atoms with Crippen LogP contribution in [0.15, 0.2) is 66.0 Å². The summed E-state index contributed by atoms with van der Waals surface area (Å²) in [7, 11) is 0. The number of benzene rings is 2. The van der Waals surface area contributed by atoms with Gasteiger partial charge in [-0.15, -0.1) is 11.3 Å². The summed E-state index contributed by atoms with van der Waals surface area (Å²) in [5, 5.41) is 10.5. The van der Waals surface area contributed by atoms with Crippen molar-refractivity contribution in [2.24, 2.45) is 0 Å². The van der Waals surface area contributed by atoms with E-state index in [1.807, 2.05) is 35.7 Å². The lowest BCUT2D eigenvalue weighted by Gasteiger charge is -2.44. The minimum absolute atomic E-state index is 0.0205. The molecular weight excluding hydrogens is 508 g/mol. The predicted octanol–water partition coefficient (Wildman–Crippen LogP) is 4.86. The first-order chi connectivity index (χ1) is 19.1. The first kappa shape index (κ1) is 25.0. The molecule has 4 heterocycles. The second kappa shape index (κ2) is 10.5. The van der Waals surface area contributed by atoms with Crippen LogP contribution in [-0.4, -0.2) is 46.7 Å². The number of nitrogens with two attached hydrogens (primary N) is 1. The highest BCUT2D eigenvalue weighted by atomic mass is 32.1. The number of likely N-dealkylation sites (N-methyl/N-ethyl adjacent to an activating group) is 2. The summed E-state index contributed by atoms with van der Waals surface area (Å²) in [5.74, 6) is 0.315. The van der Waals surface area contributed by atoms with Crippen LogP contribution in [0, 0.1) is 0 Å². The molecule has 1 unspecified atom stereocenters. The van der Waals surface area contributed by atoms with E-state index in [0.717, 1.165) is 40.8 Å². The summed E-state index contributed by atoms with van der Waals surface area (Å²) in [5.41, 5.74) is 10.1. The molecule has 0 spiro atoms. The summed E-state index contributed by atoms with van der Waals surface area (Å²) in [6, 6.07) is 20.3. The van der Waals surface area contributed by atoms with E-state index in [2.05, 4.69) is 74.6 Å². The molecule has 5 aromatic rings. The lowest BCUT2D eigenvalue weighted by Crippen LogP contribution is -2.56. The molecule has 0 radical (unpaired) electrons. The maximum Gasteiger partial charge on any atom is 0.294 e. The van der Waals surface area contributed by atoms with Crippen molar-refractivity contribution >= 4 is 61.2 Å². The fourth-order valence-electron chi connectivity index (χ4n) is 5.26. The molecule has 198 valence electrons. The summed E-state index contributed by atoms with van der Waals surface area (Å²) in [6.07, 6.45) is 0.109. The smallest absolute Gasteiger partial charge is 0.294 e. The summed E-state index contributed by atoms with van der Waals surface area (Å²) >= 11 is 1.45. The van der Waals surface area contributed by atoms with E-state index in [4.69, 9.17) is 10.7 Å². The number of nitrogens with one attached hydrogen (secondary N) is 2. The highest BCUT2D eigenvalue weighted by Crippen LogP contribution is 2.34. The van der Waals surface area contributed by atoms with E-state index >= 15 is 0 Å². The zero-order valence-corrected chi connectivity index (χ0v) is 22.7. The van der Waals surface area contributed by atoms with Crippen molar-refractivity contribution in [2.45, 2.75) is 26.6 Å². The Kier molecular flexibility index (Phi) is 6.72. The predicted molar refractivity (Wildman–Crippen MR) is 160 cm³/mol. The number of nitrogens with zero attached hydrogens (tertiary/aromatic N) is 5. The number of carbonyl (C=O) groups is 1. The molecule has 3 aromatic heterocycles. The topological polar surface area (TPSA) is 112 Å². The fraction of sp³-hybridized carbons (Fsp3) is 0.241. The standard InChI is InChI=1S/C29H30N8OS/c1-3-36-17-25(37(4-2)23-12-8-7-11-22(23)36)31-16-21-19-10-6-5-9-18(19)15-24(32-21)34-29(38)28-33-20-13-14-39-26(20)27(30)35-28/h5-15,25,31H,3-4,16-17H2,1-2H3,(H2,30,33,35)(H,32,34,38). The van der Waals surface area contributed by atoms with Gasteiger partial charge in [0.1, 0.15) is 11.6 Å². The van der Waals surface area contributed by atoms with Gasteiger partial charge in [0.15, 0.2) is 0 Å². The summed E-state index contributed by atoms with van der Waals surface area (Å²) in [6.45, 7) is 7.57. The Morgan fingerprint density at radius 1 is 1.03 bits per heavy atom. The third-order valence-electron chi connectivity index (χ3n) is 7.12. The van der Waals surface area contributed by atoms with Gasteiger partial charge in [-0.3, -0.25) is 10.1 Å². The van der Waals surface area contributed by atoms with Crippen LogP contribution < -0.4 is 26.2 Å². The van der Waals surface area contributed by atoms with Gasteiger partial charge in [0.25, 0.3) is 5.91 Å². The number of nitrogen functional groups attached to an aromatic ring is 1. The van der Waals surface area contributed by atoms with Gasteiger partial charge < -0.3 is 20.9 Å². The van der Waals surface area contributed by atoms with Crippen molar-refractivity contribution in [3.05, 3.63) is 77.6 Å². The number of fused-ring (bicyclic) bond motifs is 3. The third kappa shape index (κ3) is 4.73. The molecule has 2 aromatic carbocycles. The van der Waals surface area contributed by atoms with Crippen molar-refractivity contribution < 1.29 is 4.79 Å². The van der Waals surface area contributed by atoms with Crippen molar-refractivity contribution in [3.63, 3.8) is 0 Å². The van der Waals surface area contributed by atoms with Crippen LogP contribution in [0.3, 0.4) is 0 Å². The number of aromatic nitrogens is 3. The Morgan fingerprint density at radius 3 is 2.64 bits per heavy atom. The van der Waals surface area contributed by atoms with Gasteiger partial charge in [-0.25, -0.2) is 15.0 Å². The Morgan fingerprint density at radius 2 is 1.82 bits per heavy atom. The molecule has 6 rings (SSSR count). The van der Waals surface area contributed by atoms with Gasteiger partial charge in [-0.2, -0.15) is 0 Å². The lowest BCUT2D eigenvalue weighted by molar-refractivity contribution is 0.101. The number of amides is 1. The van der Waals surface area contributed by atoms with E-state index in [1.165, 1.54) is 22.7 Å². The Bertz CT molecular complexity index is 1670. The van der Waals surface area contributed by atoms with Crippen molar-refractivity contribution in [2.75, 3.05) is 40.5 Å². The molecule has 0 fully saturated rings. The molecular formula is C29H30N8OS. The highest BCUT2D eigenvalue weighted by molar-refractivity contribution is 7.17. The lowest BCUT2D eigenvalue weighted by atomic mass is 10.1. The average Bonchev–Trinajstić information content (AvgIpc) is 3.45. The minimum Gasteiger partial charge on any atom is -0.382 e. The molecule has 0 aliphatic carbocycles. The largest absolute Gasteiger partial charge is 0.382 e. The quantitative estimate of drug-likeness (QED) is 0.269. The van der Waals surface area contributed by atoms with Crippen molar-refractivity contribution in [1.29, 1.82) is 0 Å². The second-order valence-corrected chi connectivity index (χ2v) is 10.3. The normalized spacial score (nSPS) is 15.1. The zero-order valence-electron chi connectivity index (χ0n) is 21.9. The molecule has 0 saturated heterocycles. The molecule has 4 N–H and O–H groups in total. The highest BCUT2D eigenvalue weighted by Gasteiger charge is 2.29. The van der Waals surface area contributed by atoms with E-state index in [0.29, 0.717) is 23.7 Å². The van der Waals surface area contributed by atoms with Gasteiger partial charge in [-0.1, -0.05) is 36.4 Å². The summed E-state index contributed by atoms with van der Waals surface area (Å²) < 4.78 is 0.775. The minimum atomic E-state index is -0.448. The average molecular weight is 539 g/mol. The van der Waals surface area contributed by atoms with Gasteiger partial charge in [0.2, 0.25) is 5.82 Å². The van der Waals surface area contributed by atoms with Gasteiger partial charge in [-0.05, 0) is 48.9 Å². The van der Waals surface area contributed by atoms with E-state index < -0.39 is 5.91 Å². The monoisotopic (exact) mass is 538 g/mol. The number of para-hydroxylation sites is 2. The van der Waals surface area contributed by atoms with Crippen LogP contribution in [-0.2, 0) is 6.54 Å². The Hall–Kier alpha value is -4.28. The van der Waals surface area contributed by atoms with Crippen LogP contribution in [0.4, 0.5) is 23.0 Å². The van der Waals surface area contributed by atoms with E-state index in [1.54, 1.807) is 0 Å². The van der Waals surface area contributed by atoms with Gasteiger partial charge >= 0.3 is 0 Å². The summed E-state index contributed by atoms with van der Waals surface area (Å²) in [4.78, 5) is 31.3. The molecule has 0 saturated carbocycles. The Labute approximate surface area is 230 Å². The molecule has 1 aliphatic heterocycles. The van der Waals surface area contributed by atoms with E-state index in [9.17, 15) is 4.79 Å². The molecule has 9 nitrogen and oxygen atoms in total. The SMILES string of the molecule is CCN1CC(NCc2nc(NC(=O)c3nc(N)c4sccc4n3)cc3ccccc23)N(CC)c2ccccc21. The van der Waals surface area contributed by atoms with Crippen LogP contribution in [0.2, 0.25) is 0 Å². The molecule has 39 heavy (non-hydrogen) atoms. The number of hydrogen-bond donors (Lipinski definition) is 3. The van der Waals surface area contributed by atoms with Gasteiger partial charge in [0.05, 0.1) is 40.0 Å². The molecule has 0 bridgehead atoms. The van der Waals surface area contributed by atoms with Crippen LogP contribution in [0.25, 0.3) is 21.0 Å². The van der Waals surface area contributed by atoms with Crippen molar-refractivity contribution in [3.8, 4) is 0 Å². The molecule has 1 aliphatic rings. The number of hydrogen-bond acceptors (Lipinski definition) is 9. The molecule has 1 amide bonds. The molecule has 1 atom stereocenters. The molecule has 10 heteroatoms. The zero-order chi connectivity index (χ0) is 26.9. The Balaban J connectivity index is 1.27. The second-order valence-electron chi connectivity index (χ2n) is 9.41. The number of thiophene rings is 1. The van der Waals surface area contributed by atoms with E-state index in [-0.39, 0.29) is 12.0 Å². The van der Waals surface area contributed by atoms with Gasteiger partial charge in [0, 0.05) is 25.0 Å². The van der Waals surface area contributed by atoms with Crippen LogP contribution in [0.5, 0.6) is 0 Å². The third-order valence-corrected chi connectivity index (χ3v) is 8.05. The maximum absolute atomic E-state index is 13.1. The number of carbonyl (C=O) groups excluding carboxylic acids is 1. The fourth-order valence-corrected chi connectivity index (χ4v) is 5.99. The maximum atomic E-state index is 13.1. The number of anilines is 4. The van der Waals surface area contributed by atoms with Crippen LogP contribution in [0.1, 0.15) is 30.2 Å². The number of pyridine rings is 1. The first-order valence-corrected chi connectivity index (χ1v) is 14.0. The van der Waals surface area contributed by atoms with Crippen LogP contribution >= 0.6 is 11.3 Å².